The smallest absolute Gasteiger partial charge is 0.306 e. The molecule has 3 aromatic rings. The van der Waals surface area contributed by atoms with Gasteiger partial charge in [-0.15, -0.1) is 0 Å². The second-order valence-electron chi connectivity index (χ2n) is 4.45. The van der Waals surface area contributed by atoms with E-state index in [0.29, 0.717) is 39.7 Å². The van der Waals surface area contributed by atoms with Gasteiger partial charge in [0, 0.05) is 12.6 Å². The van der Waals surface area contributed by atoms with Gasteiger partial charge >= 0.3 is 4.87 Å². The quantitative estimate of drug-likeness (QED) is 0.766. The van der Waals surface area contributed by atoms with E-state index >= 15 is 0 Å². The summed E-state index contributed by atoms with van der Waals surface area (Å²) in [6.45, 7) is 3.25. The summed E-state index contributed by atoms with van der Waals surface area (Å²) >= 11 is 0.653. The second kappa shape index (κ2) is 4.71. The Hall–Kier alpha value is -2.13. The monoisotopic (exact) mass is 325 g/mol. The van der Waals surface area contributed by atoms with Crippen molar-refractivity contribution in [3.8, 4) is 0 Å². The minimum atomic E-state index is -3.81. The highest BCUT2D eigenvalue weighted by Crippen LogP contribution is 2.23. The number of aromatic nitrogens is 2. The molecule has 0 atom stereocenters. The number of oxazole rings is 1. The van der Waals surface area contributed by atoms with Crippen LogP contribution in [0, 0.1) is 13.8 Å². The van der Waals surface area contributed by atoms with Crippen molar-refractivity contribution in [2.24, 2.45) is 0 Å². The van der Waals surface area contributed by atoms with Gasteiger partial charge < -0.3 is 9.40 Å². The van der Waals surface area contributed by atoms with Crippen LogP contribution in [0.25, 0.3) is 11.1 Å². The molecule has 21 heavy (non-hydrogen) atoms. The molecule has 7 nitrogen and oxygen atoms in total. The number of rotatable bonds is 3. The molecule has 3 rings (SSSR count). The lowest BCUT2D eigenvalue weighted by Crippen LogP contribution is -2.12. The van der Waals surface area contributed by atoms with Gasteiger partial charge in [-0.1, -0.05) is 11.3 Å². The van der Waals surface area contributed by atoms with E-state index in [1.807, 2.05) is 0 Å². The average Bonchev–Trinajstić information content (AvgIpc) is 2.90. The molecule has 9 heteroatoms. The molecular weight excluding hydrogens is 314 g/mol. The Morgan fingerprint density at radius 2 is 2.10 bits per heavy atom. The molecule has 0 amide bonds. The normalized spacial score (nSPS) is 11.9. The zero-order valence-corrected chi connectivity index (χ0v) is 12.8. The van der Waals surface area contributed by atoms with Crippen molar-refractivity contribution < 1.29 is 12.8 Å². The highest BCUT2D eigenvalue weighted by atomic mass is 32.2. The fraction of sp³-hybridized carbons (Fsp3) is 0.167. The van der Waals surface area contributed by atoms with Gasteiger partial charge in [-0.2, -0.15) is 0 Å². The molecule has 0 fully saturated rings. The van der Waals surface area contributed by atoms with Crippen molar-refractivity contribution in [2.75, 3.05) is 4.72 Å². The molecule has 0 aliphatic heterocycles. The Balaban J connectivity index is 2.00. The SMILES string of the molecule is Cc1nc2cc(NS(=O)(=O)c3sc(=O)[nH]c3C)ccc2o1. The molecule has 0 saturated carbocycles. The van der Waals surface area contributed by atoms with E-state index in [0.717, 1.165) is 0 Å². The Labute approximate surface area is 123 Å². The zero-order valence-electron chi connectivity index (χ0n) is 11.1. The van der Waals surface area contributed by atoms with Crippen molar-refractivity contribution in [1.29, 1.82) is 0 Å². The highest BCUT2D eigenvalue weighted by Gasteiger charge is 2.21. The number of H-pyrrole nitrogens is 1. The van der Waals surface area contributed by atoms with E-state index in [1.165, 1.54) is 6.92 Å². The lowest BCUT2D eigenvalue weighted by molar-refractivity contribution is 0.561. The first-order valence-electron chi connectivity index (χ1n) is 5.95. The number of aromatic amines is 1. The van der Waals surface area contributed by atoms with Gasteiger partial charge in [0.2, 0.25) is 0 Å². The highest BCUT2D eigenvalue weighted by molar-refractivity contribution is 7.94. The van der Waals surface area contributed by atoms with Gasteiger partial charge in [0.15, 0.2) is 15.7 Å². The topological polar surface area (TPSA) is 105 Å². The summed E-state index contributed by atoms with van der Waals surface area (Å²) in [5, 5.41) is 0. The number of thiazole rings is 1. The minimum absolute atomic E-state index is 0.0241. The lowest BCUT2D eigenvalue weighted by Gasteiger charge is -2.06. The first kappa shape index (κ1) is 13.8. The number of fused-ring (bicyclic) bond motifs is 1. The number of aryl methyl sites for hydroxylation is 2. The number of hydrogen-bond acceptors (Lipinski definition) is 6. The van der Waals surface area contributed by atoms with Crippen LogP contribution >= 0.6 is 11.3 Å². The van der Waals surface area contributed by atoms with Crippen LogP contribution in [0.5, 0.6) is 0 Å². The summed E-state index contributed by atoms with van der Waals surface area (Å²) in [6, 6.07) is 4.79. The number of benzene rings is 1. The first-order valence-corrected chi connectivity index (χ1v) is 8.25. The maximum absolute atomic E-state index is 12.3. The molecule has 0 unspecified atom stereocenters. The van der Waals surface area contributed by atoms with E-state index < -0.39 is 14.9 Å². The largest absolute Gasteiger partial charge is 0.441 e. The van der Waals surface area contributed by atoms with Gasteiger partial charge in [-0.05, 0) is 25.1 Å². The molecule has 2 N–H and O–H groups in total. The van der Waals surface area contributed by atoms with E-state index in [9.17, 15) is 13.2 Å². The van der Waals surface area contributed by atoms with Crippen molar-refractivity contribution in [3.63, 3.8) is 0 Å². The zero-order chi connectivity index (χ0) is 15.2. The predicted octanol–water partition coefficient (Wildman–Crippen LogP) is 2.00. The molecule has 0 bridgehead atoms. The number of anilines is 1. The fourth-order valence-corrected chi connectivity index (χ4v) is 4.31. The summed E-state index contributed by atoms with van der Waals surface area (Å²) in [5.41, 5.74) is 1.82. The van der Waals surface area contributed by atoms with Crippen molar-refractivity contribution in [1.82, 2.24) is 9.97 Å². The summed E-state index contributed by atoms with van der Waals surface area (Å²) in [7, 11) is -3.81. The molecule has 0 spiro atoms. The van der Waals surface area contributed by atoms with E-state index in [2.05, 4.69) is 14.7 Å². The van der Waals surface area contributed by atoms with Crippen molar-refractivity contribution in [2.45, 2.75) is 18.1 Å². The van der Waals surface area contributed by atoms with Crippen LogP contribution in [-0.2, 0) is 10.0 Å². The van der Waals surface area contributed by atoms with Crippen LogP contribution < -0.4 is 9.60 Å². The van der Waals surface area contributed by atoms with Gasteiger partial charge in [0.05, 0.1) is 5.69 Å². The van der Waals surface area contributed by atoms with Crippen LogP contribution in [0.15, 0.2) is 31.6 Å². The number of sulfonamides is 1. The predicted molar refractivity (Wildman–Crippen MR) is 79.2 cm³/mol. The average molecular weight is 325 g/mol. The molecule has 1 aromatic carbocycles. The maximum Gasteiger partial charge on any atom is 0.306 e. The summed E-state index contributed by atoms with van der Waals surface area (Å²) in [6.07, 6.45) is 0. The van der Waals surface area contributed by atoms with Crippen molar-refractivity contribution in [3.05, 3.63) is 39.5 Å². The molecule has 0 aliphatic rings. The summed E-state index contributed by atoms with van der Waals surface area (Å²) in [5.74, 6) is 0.504. The Kier molecular flexibility index (Phi) is 3.10. The number of nitrogens with one attached hydrogen (secondary N) is 2. The third-order valence-electron chi connectivity index (χ3n) is 2.77. The third kappa shape index (κ3) is 2.57. The van der Waals surface area contributed by atoms with Crippen LogP contribution in [0.2, 0.25) is 0 Å². The number of hydrogen-bond donors (Lipinski definition) is 2. The first-order chi connectivity index (χ1) is 9.85. The van der Waals surface area contributed by atoms with Gasteiger partial charge in [-0.25, -0.2) is 13.4 Å². The molecule has 2 heterocycles. The van der Waals surface area contributed by atoms with Crippen LogP contribution in [-0.4, -0.2) is 18.4 Å². The summed E-state index contributed by atoms with van der Waals surface area (Å²) < 4.78 is 32.3. The van der Waals surface area contributed by atoms with Gasteiger partial charge in [0.25, 0.3) is 10.0 Å². The van der Waals surface area contributed by atoms with Crippen LogP contribution in [0.1, 0.15) is 11.6 Å². The third-order valence-corrected chi connectivity index (χ3v) is 5.76. The Morgan fingerprint density at radius 3 is 2.76 bits per heavy atom. The standard InChI is InChI=1S/C12H11N3O4S2/c1-6-11(20-12(16)13-6)21(17,18)15-8-3-4-10-9(5-8)14-7(2)19-10/h3-5,15H,1-2H3,(H,13,16). The summed E-state index contributed by atoms with van der Waals surface area (Å²) in [4.78, 5) is 17.4. The molecule has 0 aliphatic carbocycles. The fourth-order valence-electron chi connectivity index (χ4n) is 1.95. The molecule has 0 saturated heterocycles. The van der Waals surface area contributed by atoms with E-state index in [-0.39, 0.29) is 4.21 Å². The van der Waals surface area contributed by atoms with E-state index in [1.54, 1.807) is 25.1 Å². The van der Waals surface area contributed by atoms with E-state index in [4.69, 9.17) is 4.42 Å². The second-order valence-corrected chi connectivity index (χ2v) is 7.31. The lowest BCUT2D eigenvalue weighted by atomic mass is 10.3. The number of nitrogens with zero attached hydrogens (tertiary/aromatic N) is 1. The van der Waals surface area contributed by atoms with Crippen LogP contribution in [0.3, 0.4) is 0 Å². The maximum atomic E-state index is 12.3. The van der Waals surface area contributed by atoms with Gasteiger partial charge in [0.1, 0.15) is 5.52 Å². The molecule has 0 radical (unpaired) electrons. The Morgan fingerprint density at radius 1 is 1.33 bits per heavy atom. The Bertz CT molecular complexity index is 982. The van der Waals surface area contributed by atoms with Gasteiger partial charge in [-0.3, -0.25) is 9.52 Å². The van der Waals surface area contributed by atoms with Crippen LogP contribution in [0.4, 0.5) is 5.69 Å². The molecular formula is C12H11N3O4S2. The molecule has 2 aromatic heterocycles. The minimum Gasteiger partial charge on any atom is -0.441 e. The van der Waals surface area contributed by atoms with Crippen molar-refractivity contribution >= 4 is 38.1 Å². The molecule has 110 valence electrons.